The normalized spacial score (nSPS) is 11.0. The molecule has 0 rings (SSSR count). The number of esters is 1. The van der Waals surface area contributed by atoms with Crippen molar-refractivity contribution in [3.8, 4) is 0 Å². The molecule has 0 aromatic carbocycles. The Hall–Kier alpha value is -0.700. The average Bonchev–Trinajstić information content (AvgIpc) is 1.61. The van der Waals surface area contributed by atoms with Crippen LogP contribution < -0.4 is 0 Å². The standard InChI is InChI=1S/C4H5ClO3/c1-3(6)8-2-4(5)7/h2,7H,1H3. The molecule has 0 radical (unpaired) electrons. The largest absolute Gasteiger partial charge is 0.496 e. The van der Waals surface area contributed by atoms with Crippen molar-refractivity contribution in [2.75, 3.05) is 0 Å². The third-order valence-corrected chi connectivity index (χ3v) is 0.411. The number of carbonyl (C=O) groups excluding carboxylic acids is 1. The van der Waals surface area contributed by atoms with Gasteiger partial charge in [0.1, 0.15) is 6.26 Å². The third kappa shape index (κ3) is 5.30. The van der Waals surface area contributed by atoms with Crippen molar-refractivity contribution >= 4 is 17.6 Å². The number of ether oxygens (including phenoxy) is 1. The van der Waals surface area contributed by atoms with Crippen molar-refractivity contribution in [2.45, 2.75) is 6.92 Å². The van der Waals surface area contributed by atoms with Gasteiger partial charge in [-0.25, -0.2) is 0 Å². The van der Waals surface area contributed by atoms with Gasteiger partial charge in [-0.2, -0.15) is 0 Å². The van der Waals surface area contributed by atoms with Crippen LogP contribution in [0.5, 0.6) is 0 Å². The van der Waals surface area contributed by atoms with Crippen LogP contribution in [0.25, 0.3) is 0 Å². The molecule has 0 saturated heterocycles. The lowest BCUT2D eigenvalue weighted by molar-refractivity contribution is -0.135. The van der Waals surface area contributed by atoms with Crippen molar-refractivity contribution in [3.63, 3.8) is 0 Å². The monoisotopic (exact) mass is 136 g/mol. The van der Waals surface area contributed by atoms with Gasteiger partial charge in [0.05, 0.1) is 0 Å². The van der Waals surface area contributed by atoms with E-state index in [4.69, 9.17) is 16.7 Å². The molecule has 0 saturated carbocycles. The summed E-state index contributed by atoms with van der Waals surface area (Å²) in [6.07, 6.45) is 0.754. The van der Waals surface area contributed by atoms with Crippen molar-refractivity contribution in [2.24, 2.45) is 0 Å². The topological polar surface area (TPSA) is 46.5 Å². The van der Waals surface area contributed by atoms with E-state index in [2.05, 4.69) is 4.74 Å². The first kappa shape index (κ1) is 7.30. The molecule has 46 valence electrons. The molecular weight excluding hydrogens is 131 g/mol. The van der Waals surface area contributed by atoms with E-state index in [0.29, 0.717) is 0 Å². The molecule has 4 heteroatoms. The summed E-state index contributed by atoms with van der Waals surface area (Å²) in [6, 6.07) is 0. The SMILES string of the molecule is CC(=O)OC=C(O)Cl. The van der Waals surface area contributed by atoms with Gasteiger partial charge in [-0.15, -0.1) is 0 Å². The zero-order valence-electron chi connectivity index (χ0n) is 4.22. The average molecular weight is 137 g/mol. The summed E-state index contributed by atoms with van der Waals surface area (Å²) >= 11 is 4.86. The Kier molecular flexibility index (Phi) is 3.03. The minimum atomic E-state index is -0.541. The van der Waals surface area contributed by atoms with Crippen molar-refractivity contribution in [1.82, 2.24) is 0 Å². The molecule has 0 aromatic heterocycles. The maximum atomic E-state index is 9.91. The fraction of sp³-hybridized carbons (Fsp3) is 0.250. The van der Waals surface area contributed by atoms with Gasteiger partial charge < -0.3 is 9.84 Å². The second-order valence-electron chi connectivity index (χ2n) is 1.05. The summed E-state index contributed by atoms with van der Waals surface area (Å²) < 4.78 is 4.12. The second kappa shape index (κ2) is 3.32. The molecule has 0 aromatic rings. The summed E-state index contributed by atoms with van der Waals surface area (Å²) in [6.45, 7) is 1.20. The number of hydrogen-bond acceptors (Lipinski definition) is 3. The fourth-order valence-electron chi connectivity index (χ4n) is 0.132. The Morgan fingerprint density at radius 2 is 2.38 bits per heavy atom. The Morgan fingerprint density at radius 1 is 1.88 bits per heavy atom. The molecule has 0 amide bonds. The van der Waals surface area contributed by atoms with E-state index in [1.54, 1.807) is 0 Å². The molecule has 0 heterocycles. The van der Waals surface area contributed by atoms with Gasteiger partial charge in [-0.3, -0.25) is 4.79 Å². The smallest absolute Gasteiger partial charge is 0.307 e. The molecule has 1 N–H and O–H groups in total. The zero-order valence-corrected chi connectivity index (χ0v) is 4.97. The van der Waals surface area contributed by atoms with Crippen LogP contribution >= 0.6 is 11.6 Å². The van der Waals surface area contributed by atoms with Gasteiger partial charge >= 0.3 is 5.97 Å². The van der Waals surface area contributed by atoms with E-state index in [1.807, 2.05) is 0 Å². The summed E-state index contributed by atoms with van der Waals surface area (Å²) in [7, 11) is 0. The van der Waals surface area contributed by atoms with Gasteiger partial charge in [0.25, 0.3) is 0 Å². The van der Waals surface area contributed by atoms with Gasteiger partial charge in [0, 0.05) is 6.92 Å². The van der Waals surface area contributed by atoms with E-state index >= 15 is 0 Å². The molecule has 0 spiro atoms. The number of carbonyl (C=O) groups is 1. The van der Waals surface area contributed by atoms with Crippen molar-refractivity contribution in [3.05, 3.63) is 11.5 Å². The van der Waals surface area contributed by atoms with Crippen molar-refractivity contribution < 1.29 is 14.6 Å². The molecule has 0 bridgehead atoms. The minimum absolute atomic E-state index is 0.516. The van der Waals surface area contributed by atoms with Crippen LogP contribution in [0.4, 0.5) is 0 Å². The lowest BCUT2D eigenvalue weighted by atomic mass is 10.8. The molecule has 0 aliphatic heterocycles. The van der Waals surface area contributed by atoms with Gasteiger partial charge in [-0.05, 0) is 11.6 Å². The Bertz CT molecular complexity index is 114. The second-order valence-corrected chi connectivity index (χ2v) is 1.44. The van der Waals surface area contributed by atoms with Crippen LogP contribution in [0.2, 0.25) is 0 Å². The van der Waals surface area contributed by atoms with E-state index in [-0.39, 0.29) is 0 Å². The van der Waals surface area contributed by atoms with Crippen LogP contribution in [0, 0.1) is 0 Å². The van der Waals surface area contributed by atoms with Crippen LogP contribution in [0.3, 0.4) is 0 Å². The Balaban J connectivity index is 3.45. The fourth-order valence-corrected chi connectivity index (χ4v) is 0.176. The van der Waals surface area contributed by atoms with E-state index < -0.39 is 11.2 Å². The van der Waals surface area contributed by atoms with Crippen LogP contribution in [-0.2, 0) is 9.53 Å². The molecular formula is C4H5ClO3. The molecule has 0 unspecified atom stereocenters. The highest BCUT2D eigenvalue weighted by molar-refractivity contribution is 6.27. The van der Waals surface area contributed by atoms with Crippen LogP contribution in [-0.4, -0.2) is 11.1 Å². The first-order valence-corrected chi connectivity index (χ1v) is 2.22. The highest BCUT2D eigenvalue weighted by Gasteiger charge is 1.87. The first-order valence-electron chi connectivity index (χ1n) is 1.85. The predicted molar refractivity (Wildman–Crippen MR) is 28.3 cm³/mol. The number of rotatable bonds is 1. The zero-order chi connectivity index (χ0) is 6.57. The van der Waals surface area contributed by atoms with Crippen LogP contribution in [0.1, 0.15) is 6.92 Å². The number of aliphatic hydroxyl groups is 1. The number of halogens is 1. The molecule has 0 aliphatic rings. The van der Waals surface area contributed by atoms with Gasteiger partial charge in [0.2, 0.25) is 5.22 Å². The maximum Gasteiger partial charge on any atom is 0.307 e. The van der Waals surface area contributed by atoms with Gasteiger partial charge in [0.15, 0.2) is 0 Å². The summed E-state index contributed by atoms with van der Waals surface area (Å²) in [5, 5.41) is 7.61. The minimum Gasteiger partial charge on any atom is -0.496 e. The Morgan fingerprint density at radius 3 is 2.50 bits per heavy atom. The molecule has 8 heavy (non-hydrogen) atoms. The highest BCUT2D eigenvalue weighted by Crippen LogP contribution is 1.93. The summed E-state index contributed by atoms with van der Waals surface area (Å²) in [5.74, 6) is -0.516. The highest BCUT2D eigenvalue weighted by atomic mass is 35.5. The molecule has 3 nitrogen and oxygen atoms in total. The Labute approximate surface area is 51.5 Å². The maximum absolute atomic E-state index is 9.91. The van der Waals surface area contributed by atoms with E-state index in [0.717, 1.165) is 6.26 Å². The number of hydrogen-bond donors (Lipinski definition) is 1. The third-order valence-electron chi connectivity index (χ3n) is 0.322. The summed E-state index contributed by atoms with van der Waals surface area (Å²) in [5.41, 5.74) is 0. The van der Waals surface area contributed by atoms with Crippen LogP contribution in [0.15, 0.2) is 11.5 Å². The lowest BCUT2D eigenvalue weighted by Gasteiger charge is -1.87. The van der Waals surface area contributed by atoms with Gasteiger partial charge in [-0.1, -0.05) is 0 Å². The van der Waals surface area contributed by atoms with E-state index in [1.165, 1.54) is 6.92 Å². The number of aliphatic hydroxyl groups excluding tert-OH is 1. The van der Waals surface area contributed by atoms with E-state index in [9.17, 15) is 4.79 Å². The summed E-state index contributed by atoms with van der Waals surface area (Å²) in [4.78, 5) is 9.91. The molecule has 0 fully saturated rings. The molecule has 0 atom stereocenters. The lowest BCUT2D eigenvalue weighted by Crippen LogP contribution is -1.89. The first-order chi connectivity index (χ1) is 3.63. The molecule has 0 aliphatic carbocycles. The van der Waals surface area contributed by atoms with Crippen molar-refractivity contribution in [1.29, 1.82) is 0 Å². The quantitative estimate of drug-likeness (QED) is 0.435. The predicted octanol–water partition coefficient (Wildman–Crippen LogP) is 1.15.